The van der Waals surface area contributed by atoms with Gasteiger partial charge in [-0.2, -0.15) is 11.8 Å². The molecule has 0 fully saturated rings. The van der Waals surface area contributed by atoms with Crippen molar-refractivity contribution < 1.29 is 9.21 Å². The molecule has 0 unspecified atom stereocenters. The number of hydrogen-bond donors (Lipinski definition) is 2. The third-order valence-electron chi connectivity index (χ3n) is 1.54. The summed E-state index contributed by atoms with van der Waals surface area (Å²) in [6, 6.07) is 3.62. The lowest BCUT2D eigenvalue weighted by atomic mass is 10.4. The van der Waals surface area contributed by atoms with E-state index in [4.69, 9.17) is 10.2 Å². The molecule has 0 atom stereocenters. The highest BCUT2D eigenvalue weighted by Crippen LogP contribution is 2.00. The lowest BCUT2D eigenvalue weighted by Crippen LogP contribution is -2.24. The number of thioether (sulfide) groups is 1. The van der Waals surface area contributed by atoms with Crippen molar-refractivity contribution in [3.05, 3.63) is 24.2 Å². The summed E-state index contributed by atoms with van der Waals surface area (Å²) in [6.45, 7) is 1.06. The van der Waals surface area contributed by atoms with Crippen LogP contribution in [0.25, 0.3) is 0 Å². The number of amides is 1. The average molecular weight is 214 g/mol. The van der Waals surface area contributed by atoms with Gasteiger partial charge in [-0.05, 0) is 12.1 Å². The molecule has 1 aromatic heterocycles. The first-order valence-electron chi connectivity index (χ1n) is 4.40. The van der Waals surface area contributed by atoms with E-state index in [1.54, 1.807) is 12.3 Å². The van der Waals surface area contributed by atoms with Gasteiger partial charge in [0.2, 0.25) is 5.91 Å². The molecule has 78 valence electrons. The number of carbonyl (C=O) groups excluding carboxylic acids is 1. The lowest BCUT2D eigenvalue weighted by molar-refractivity contribution is -0.118. The topological polar surface area (TPSA) is 68.3 Å². The zero-order valence-electron chi connectivity index (χ0n) is 7.86. The summed E-state index contributed by atoms with van der Waals surface area (Å²) in [5.74, 6) is 2.05. The van der Waals surface area contributed by atoms with Crippen LogP contribution in [0.4, 0.5) is 0 Å². The molecule has 0 aromatic carbocycles. The van der Waals surface area contributed by atoms with Gasteiger partial charge in [0.25, 0.3) is 0 Å². The molecule has 0 saturated heterocycles. The van der Waals surface area contributed by atoms with Crippen molar-refractivity contribution >= 4 is 17.7 Å². The third kappa shape index (κ3) is 4.34. The van der Waals surface area contributed by atoms with Crippen LogP contribution in [0.2, 0.25) is 0 Å². The van der Waals surface area contributed by atoms with Gasteiger partial charge in [0, 0.05) is 12.3 Å². The predicted molar refractivity (Wildman–Crippen MR) is 56.9 cm³/mol. The standard InChI is InChI=1S/C9H14N2O2S/c10-3-5-14-7-9(12)11-6-8-2-1-4-13-8/h1-2,4H,3,5-7,10H2,(H,11,12). The highest BCUT2D eigenvalue weighted by atomic mass is 32.2. The molecule has 4 nitrogen and oxygen atoms in total. The summed E-state index contributed by atoms with van der Waals surface area (Å²) in [4.78, 5) is 11.2. The van der Waals surface area contributed by atoms with Crippen LogP contribution in [0.1, 0.15) is 5.76 Å². The molecule has 5 heteroatoms. The van der Waals surface area contributed by atoms with Crippen LogP contribution in [-0.4, -0.2) is 24.0 Å². The van der Waals surface area contributed by atoms with Gasteiger partial charge in [0.05, 0.1) is 18.6 Å². The maximum atomic E-state index is 11.2. The maximum Gasteiger partial charge on any atom is 0.230 e. The second-order valence-corrected chi connectivity index (χ2v) is 3.80. The molecular weight excluding hydrogens is 200 g/mol. The Morgan fingerprint density at radius 2 is 2.50 bits per heavy atom. The fourth-order valence-electron chi connectivity index (χ4n) is 0.898. The van der Waals surface area contributed by atoms with Gasteiger partial charge >= 0.3 is 0 Å². The molecule has 0 bridgehead atoms. The minimum Gasteiger partial charge on any atom is -0.467 e. The van der Waals surface area contributed by atoms with E-state index in [2.05, 4.69) is 5.32 Å². The van der Waals surface area contributed by atoms with E-state index in [1.165, 1.54) is 11.8 Å². The molecule has 0 aliphatic carbocycles. The van der Waals surface area contributed by atoms with Crippen LogP contribution in [0.3, 0.4) is 0 Å². The molecular formula is C9H14N2O2S. The van der Waals surface area contributed by atoms with Gasteiger partial charge in [-0.25, -0.2) is 0 Å². The third-order valence-corrected chi connectivity index (χ3v) is 2.53. The van der Waals surface area contributed by atoms with Crippen molar-refractivity contribution in [1.82, 2.24) is 5.32 Å². The molecule has 1 rings (SSSR count). The second kappa shape index (κ2) is 6.50. The van der Waals surface area contributed by atoms with E-state index >= 15 is 0 Å². The Balaban J connectivity index is 2.09. The lowest BCUT2D eigenvalue weighted by Gasteiger charge is -2.02. The Morgan fingerprint density at radius 3 is 3.14 bits per heavy atom. The Bertz CT molecular complexity index is 262. The first-order chi connectivity index (χ1) is 6.83. The van der Waals surface area contributed by atoms with Crippen LogP contribution in [0, 0.1) is 0 Å². The molecule has 1 heterocycles. The van der Waals surface area contributed by atoms with Crippen molar-refractivity contribution in [2.45, 2.75) is 6.54 Å². The van der Waals surface area contributed by atoms with Crippen molar-refractivity contribution in [1.29, 1.82) is 0 Å². The highest BCUT2D eigenvalue weighted by molar-refractivity contribution is 7.99. The second-order valence-electron chi connectivity index (χ2n) is 2.70. The van der Waals surface area contributed by atoms with E-state index < -0.39 is 0 Å². The number of hydrogen-bond acceptors (Lipinski definition) is 4. The Morgan fingerprint density at radius 1 is 1.64 bits per heavy atom. The Kier molecular flexibility index (Phi) is 5.17. The number of furan rings is 1. The first-order valence-corrected chi connectivity index (χ1v) is 5.55. The van der Waals surface area contributed by atoms with Crippen LogP contribution in [-0.2, 0) is 11.3 Å². The van der Waals surface area contributed by atoms with Crippen LogP contribution in [0.15, 0.2) is 22.8 Å². The van der Waals surface area contributed by atoms with E-state index in [9.17, 15) is 4.79 Å². The normalized spacial score (nSPS) is 10.1. The van der Waals surface area contributed by atoms with Crippen molar-refractivity contribution in [3.8, 4) is 0 Å². The fraction of sp³-hybridized carbons (Fsp3) is 0.444. The minimum absolute atomic E-state index is 0.0138. The van der Waals surface area contributed by atoms with Gasteiger partial charge in [-0.15, -0.1) is 0 Å². The zero-order chi connectivity index (χ0) is 10.2. The molecule has 0 saturated carbocycles. The SMILES string of the molecule is NCCSCC(=O)NCc1ccco1. The largest absolute Gasteiger partial charge is 0.467 e. The molecule has 14 heavy (non-hydrogen) atoms. The van der Waals surface area contributed by atoms with E-state index in [-0.39, 0.29) is 5.91 Å². The summed E-state index contributed by atoms with van der Waals surface area (Å²) in [5, 5.41) is 2.75. The zero-order valence-corrected chi connectivity index (χ0v) is 8.68. The number of nitrogens with one attached hydrogen (secondary N) is 1. The summed E-state index contributed by atoms with van der Waals surface area (Å²) in [7, 11) is 0. The molecule has 0 radical (unpaired) electrons. The van der Waals surface area contributed by atoms with Gasteiger partial charge in [0.1, 0.15) is 5.76 Å². The maximum absolute atomic E-state index is 11.2. The van der Waals surface area contributed by atoms with E-state index in [1.807, 2.05) is 6.07 Å². The van der Waals surface area contributed by atoms with Gasteiger partial charge < -0.3 is 15.5 Å². The predicted octanol–water partition coefficient (Wildman–Crippen LogP) is 0.588. The first kappa shape index (κ1) is 11.1. The van der Waals surface area contributed by atoms with Gasteiger partial charge in [-0.1, -0.05) is 0 Å². The van der Waals surface area contributed by atoms with Crippen molar-refractivity contribution in [2.24, 2.45) is 5.73 Å². The Labute approximate surface area is 87.2 Å². The van der Waals surface area contributed by atoms with Crippen LogP contribution in [0.5, 0.6) is 0 Å². The van der Waals surface area contributed by atoms with Crippen LogP contribution < -0.4 is 11.1 Å². The van der Waals surface area contributed by atoms with Crippen molar-refractivity contribution in [3.63, 3.8) is 0 Å². The fourth-order valence-corrected chi connectivity index (χ4v) is 1.50. The van der Waals surface area contributed by atoms with Gasteiger partial charge in [-0.3, -0.25) is 4.79 Å². The summed E-state index contributed by atoms with van der Waals surface area (Å²) < 4.78 is 5.07. The monoisotopic (exact) mass is 214 g/mol. The molecule has 0 spiro atoms. The summed E-state index contributed by atoms with van der Waals surface area (Å²) in [5.41, 5.74) is 5.30. The average Bonchev–Trinajstić information content (AvgIpc) is 2.68. The minimum atomic E-state index is 0.0138. The van der Waals surface area contributed by atoms with Crippen molar-refractivity contribution in [2.75, 3.05) is 18.1 Å². The molecule has 1 aromatic rings. The highest BCUT2D eigenvalue weighted by Gasteiger charge is 2.01. The summed E-state index contributed by atoms with van der Waals surface area (Å²) >= 11 is 1.53. The van der Waals surface area contributed by atoms with E-state index in [0.717, 1.165) is 11.5 Å². The number of carbonyl (C=O) groups is 1. The number of rotatable bonds is 6. The van der Waals surface area contributed by atoms with Gasteiger partial charge in [0.15, 0.2) is 0 Å². The summed E-state index contributed by atoms with van der Waals surface area (Å²) in [6.07, 6.45) is 1.59. The van der Waals surface area contributed by atoms with Crippen LogP contribution >= 0.6 is 11.8 Å². The van der Waals surface area contributed by atoms with E-state index in [0.29, 0.717) is 18.8 Å². The number of nitrogens with two attached hydrogens (primary N) is 1. The molecule has 1 amide bonds. The molecule has 0 aliphatic rings. The Hall–Kier alpha value is -0.940. The quantitative estimate of drug-likeness (QED) is 0.680. The smallest absolute Gasteiger partial charge is 0.230 e. The molecule has 0 aliphatic heterocycles. The molecule has 3 N–H and O–H groups in total.